The van der Waals surface area contributed by atoms with Crippen molar-refractivity contribution in [1.29, 1.82) is 0 Å². The van der Waals surface area contributed by atoms with Crippen molar-refractivity contribution in [1.82, 2.24) is 0 Å². The third-order valence-corrected chi connectivity index (χ3v) is 4.01. The summed E-state index contributed by atoms with van der Waals surface area (Å²) in [7, 11) is 0. The first-order valence-electron chi connectivity index (χ1n) is 7.08. The van der Waals surface area contributed by atoms with Crippen LogP contribution in [0.1, 0.15) is 12.0 Å². The highest BCUT2D eigenvalue weighted by Crippen LogP contribution is 2.26. The molecule has 24 heavy (non-hydrogen) atoms. The second kappa shape index (κ2) is 7.07. The number of nitro groups is 1. The minimum absolute atomic E-state index is 0.0162. The second-order valence-corrected chi connectivity index (χ2v) is 6.00. The molecule has 1 aliphatic heterocycles. The van der Waals surface area contributed by atoms with Gasteiger partial charge in [-0.15, -0.1) is 0 Å². The van der Waals surface area contributed by atoms with Gasteiger partial charge in [-0.1, -0.05) is 34.4 Å². The van der Waals surface area contributed by atoms with Crippen LogP contribution in [-0.4, -0.2) is 23.3 Å². The SMILES string of the molecule is O=[N+]([O-])c1ccc(OC[C@@H]2CC(c3ccc(Cl)cc3Cl)=NO2)cc1. The molecule has 0 aliphatic carbocycles. The number of nitro benzene ring substituents is 1. The van der Waals surface area contributed by atoms with E-state index in [0.29, 0.717) is 22.2 Å². The van der Waals surface area contributed by atoms with Gasteiger partial charge in [0.05, 0.1) is 15.7 Å². The summed E-state index contributed by atoms with van der Waals surface area (Å²) in [6.45, 7) is 0.274. The van der Waals surface area contributed by atoms with E-state index in [-0.39, 0.29) is 18.4 Å². The molecule has 8 heteroatoms. The molecule has 0 amide bonds. The molecule has 0 fully saturated rings. The van der Waals surface area contributed by atoms with Crippen LogP contribution in [0.25, 0.3) is 0 Å². The molecule has 2 aromatic carbocycles. The fourth-order valence-corrected chi connectivity index (χ4v) is 2.77. The van der Waals surface area contributed by atoms with Gasteiger partial charge in [0, 0.05) is 29.1 Å². The second-order valence-electron chi connectivity index (χ2n) is 5.16. The van der Waals surface area contributed by atoms with Crippen molar-refractivity contribution in [3.8, 4) is 5.75 Å². The molecule has 0 saturated carbocycles. The number of nitrogens with zero attached hydrogens (tertiary/aromatic N) is 2. The first-order chi connectivity index (χ1) is 11.5. The first kappa shape index (κ1) is 16.5. The van der Waals surface area contributed by atoms with Gasteiger partial charge in [0.2, 0.25) is 0 Å². The minimum Gasteiger partial charge on any atom is -0.490 e. The average molecular weight is 367 g/mol. The summed E-state index contributed by atoms with van der Waals surface area (Å²) in [5.74, 6) is 0.530. The van der Waals surface area contributed by atoms with Crippen LogP contribution in [0.4, 0.5) is 5.69 Å². The van der Waals surface area contributed by atoms with Gasteiger partial charge in [-0.2, -0.15) is 0 Å². The van der Waals surface area contributed by atoms with E-state index in [9.17, 15) is 10.1 Å². The molecule has 0 unspecified atom stereocenters. The maximum Gasteiger partial charge on any atom is 0.269 e. The number of ether oxygens (including phenoxy) is 1. The Hall–Kier alpha value is -2.31. The predicted molar refractivity (Wildman–Crippen MR) is 91.1 cm³/mol. The Morgan fingerprint density at radius 1 is 1.25 bits per heavy atom. The highest BCUT2D eigenvalue weighted by molar-refractivity contribution is 6.37. The summed E-state index contributed by atoms with van der Waals surface area (Å²) < 4.78 is 5.58. The topological polar surface area (TPSA) is 74.0 Å². The van der Waals surface area contributed by atoms with E-state index >= 15 is 0 Å². The molecule has 0 radical (unpaired) electrons. The van der Waals surface area contributed by atoms with Gasteiger partial charge < -0.3 is 9.57 Å². The molecule has 1 atom stereocenters. The molecule has 0 N–H and O–H groups in total. The van der Waals surface area contributed by atoms with Crippen molar-refractivity contribution < 1.29 is 14.5 Å². The zero-order chi connectivity index (χ0) is 17.1. The van der Waals surface area contributed by atoms with Crippen LogP contribution in [0, 0.1) is 10.1 Å². The Balaban J connectivity index is 1.56. The number of hydrogen-bond acceptors (Lipinski definition) is 5. The third-order valence-electron chi connectivity index (χ3n) is 3.46. The molecule has 1 heterocycles. The number of benzene rings is 2. The number of halogens is 2. The van der Waals surface area contributed by atoms with Gasteiger partial charge in [0.25, 0.3) is 5.69 Å². The van der Waals surface area contributed by atoms with Crippen LogP contribution in [0.15, 0.2) is 47.6 Å². The van der Waals surface area contributed by atoms with Crippen LogP contribution in [0.5, 0.6) is 5.75 Å². The van der Waals surface area contributed by atoms with Gasteiger partial charge in [-0.05, 0) is 24.3 Å². The van der Waals surface area contributed by atoms with Crippen molar-refractivity contribution in [2.75, 3.05) is 6.61 Å². The van der Waals surface area contributed by atoms with Crippen molar-refractivity contribution in [2.45, 2.75) is 12.5 Å². The van der Waals surface area contributed by atoms with E-state index in [1.165, 1.54) is 12.1 Å². The Morgan fingerprint density at radius 3 is 2.67 bits per heavy atom. The number of non-ortho nitro benzene ring substituents is 1. The largest absolute Gasteiger partial charge is 0.490 e. The van der Waals surface area contributed by atoms with Crippen molar-refractivity contribution in [3.63, 3.8) is 0 Å². The maximum absolute atomic E-state index is 10.6. The van der Waals surface area contributed by atoms with E-state index in [0.717, 1.165) is 11.3 Å². The first-order valence-corrected chi connectivity index (χ1v) is 7.84. The molecule has 3 rings (SSSR count). The van der Waals surface area contributed by atoms with Gasteiger partial charge >= 0.3 is 0 Å². The molecule has 2 aromatic rings. The maximum atomic E-state index is 10.6. The molecule has 0 saturated heterocycles. The molecular formula is C16H12Cl2N2O4. The highest BCUT2D eigenvalue weighted by Gasteiger charge is 2.24. The monoisotopic (exact) mass is 366 g/mol. The van der Waals surface area contributed by atoms with Crippen LogP contribution >= 0.6 is 23.2 Å². The van der Waals surface area contributed by atoms with E-state index < -0.39 is 4.92 Å². The standard InChI is InChI=1S/C16H12Cl2N2O4/c17-10-1-6-14(15(18)7-10)16-8-13(24-19-16)9-23-12-4-2-11(3-5-12)20(21)22/h1-7,13H,8-9H2/t13-/m0/s1. The summed E-state index contributed by atoms with van der Waals surface area (Å²) >= 11 is 12.0. The number of rotatable bonds is 5. The van der Waals surface area contributed by atoms with Crippen molar-refractivity contribution in [3.05, 3.63) is 68.2 Å². The fourth-order valence-electron chi connectivity index (χ4n) is 2.25. The average Bonchev–Trinajstić information content (AvgIpc) is 3.02. The van der Waals surface area contributed by atoms with E-state index in [1.54, 1.807) is 30.3 Å². The van der Waals surface area contributed by atoms with Crippen LogP contribution < -0.4 is 4.74 Å². The fraction of sp³-hybridized carbons (Fsp3) is 0.188. The lowest BCUT2D eigenvalue weighted by Crippen LogP contribution is -2.18. The molecule has 0 bridgehead atoms. The summed E-state index contributed by atoms with van der Waals surface area (Å²) in [4.78, 5) is 15.5. The highest BCUT2D eigenvalue weighted by atomic mass is 35.5. The van der Waals surface area contributed by atoms with Gasteiger partial charge in [-0.25, -0.2) is 0 Å². The van der Waals surface area contributed by atoms with Gasteiger partial charge in [0.15, 0.2) is 6.10 Å². The summed E-state index contributed by atoms with van der Waals surface area (Å²) in [6.07, 6.45) is 0.302. The summed E-state index contributed by atoms with van der Waals surface area (Å²) in [5, 5.41) is 15.7. The summed E-state index contributed by atoms with van der Waals surface area (Å²) in [6, 6.07) is 11.1. The van der Waals surface area contributed by atoms with Gasteiger partial charge in [0.1, 0.15) is 12.4 Å². The molecular weight excluding hydrogens is 355 g/mol. The van der Waals surface area contributed by atoms with Gasteiger partial charge in [-0.3, -0.25) is 10.1 Å². The van der Waals surface area contributed by atoms with E-state index in [4.69, 9.17) is 32.8 Å². The zero-order valence-electron chi connectivity index (χ0n) is 12.3. The zero-order valence-corrected chi connectivity index (χ0v) is 13.8. The van der Waals surface area contributed by atoms with E-state index in [2.05, 4.69) is 5.16 Å². The Bertz CT molecular complexity index is 793. The normalized spacial score (nSPS) is 16.4. The molecule has 0 spiro atoms. The third kappa shape index (κ3) is 3.77. The molecule has 1 aliphatic rings. The molecule has 124 valence electrons. The van der Waals surface area contributed by atoms with Crippen LogP contribution in [0.2, 0.25) is 10.0 Å². The van der Waals surface area contributed by atoms with E-state index in [1.807, 2.05) is 0 Å². The van der Waals surface area contributed by atoms with Crippen molar-refractivity contribution >= 4 is 34.6 Å². The Kier molecular flexibility index (Phi) is 4.87. The quantitative estimate of drug-likeness (QED) is 0.577. The smallest absolute Gasteiger partial charge is 0.269 e. The molecule has 0 aromatic heterocycles. The number of hydrogen-bond donors (Lipinski definition) is 0. The predicted octanol–water partition coefficient (Wildman–Crippen LogP) is 4.47. The molecule has 6 nitrogen and oxygen atoms in total. The Labute approximate surface area is 147 Å². The van der Waals surface area contributed by atoms with Crippen LogP contribution in [-0.2, 0) is 4.84 Å². The number of oxime groups is 1. The lowest BCUT2D eigenvalue weighted by atomic mass is 10.1. The van der Waals surface area contributed by atoms with Crippen molar-refractivity contribution in [2.24, 2.45) is 5.16 Å². The summed E-state index contributed by atoms with van der Waals surface area (Å²) in [5.41, 5.74) is 1.52. The lowest BCUT2D eigenvalue weighted by molar-refractivity contribution is -0.384. The van der Waals surface area contributed by atoms with Crippen LogP contribution in [0.3, 0.4) is 0 Å². The lowest BCUT2D eigenvalue weighted by Gasteiger charge is -2.10. The Morgan fingerprint density at radius 2 is 2.00 bits per heavy atom. The minimum atomic E-state index is -0.458.